The van der Waals surface area contributed by atoms with Crippen molar-refractivity contribution in [1.82, 2.24) is 16.0 Å². The lowest BCUT2D eigenvalue weighted by molar-refractivity contribution is -0.144. The first kappa shape index (κ1) is 55.5. The van der Waals surface area contributed by atoms with Crippen molar-refractivity contribution in [1.29, 1.82) is 0 Å². The molecule has 302 valence electrons. The number of ether oxygens (including phenoxy) is 3. The molecule has 0 aromatic carbocycles. The summed E-state index contributed by atoms with van der Waals surface area (Å²) < 4.78 is 65.9. The first-order chi connectivity index (χ1) is 24.3. The first-order valence-corrected chi connectivity index (χ1v) is 18.7. The highest BCUT2D eigenvalue weighted by Crippen LogP contribution is 2.18. The van der Waals surface area contributed by atoms with Crippen molar-refractivity contribution < 1.29 is 64.1 Å². The number of amides is 3. The molecular weight excluding hydrogens is 753 g/mol. The van der Waals surface area contributed by atoms with Gasteiger partial charge >= 0.3 is 18.0 Å². The van der Waals surface area contributed by atoms with Gasteiger partial charge in [-0.05, 0) is 93.8 Å². The fourth-order valence-electron chi connectivity index (χ4n) is 3.58. The van der Waals surface area contributed by atoms with Crippen molar-refractivity contribution in [2.45, 2.75) is 71.6 Å². The Bertz CT molecular complexity index is 1660. The number of terminal acetylenes is 2. The van der Waals surface area contributed by atoms with E-state index >= 15 is 0 Å². The Hall–Kier alpha value is -5.27. The van der Waals surface area contributed by atoms with Crippen LogP contribution in [0, 0.1) is 72.0 Å². The predicted molar refractivity (Wildman–Crippen MR) is 199 cm³/mol. The number of carbonyl (C=O) groups is 5. The fourth-order valence-corrected chi connectivity index (χ4v) is 3.58. The molecule has 4 atom stereocenters. The van der Waals surface area contributed by atoms with Gasteiger partial charge in [0.1, 0.15) is 17.7 Å². The number of nitrogens with two attached hydrogens (primary N) is 1. The van der Waals surface area contributed by atoms with Crippen LogP contribution in [0.2, 0.25) is 0 Å². The number of methoxy groups -OCH3 is 2. The Morgan fingerprint density at radius 1 is 0.815 bits per heavy atom. The minimum atomic E-state index is -3.67. The lowest BCUT2D eigenvalue weighted by Crippen LogP contribution is -2.45. The first-order valence-electron chi connectivity index (χ1n) is 15.0. The predicted octanol–water partition coefficient (Wildman–Crippen LogP) is -0.501. The molecule has 7 N–H and O–H groups in total. The maximum atomic E-state index is 11.7. The smallest absolute Gasteiger partial charge is 0.408 e. The van der Waals surface area contributed by atoms with Gasteiger partial charge in [0.05, 0.1) is 26.7 Å². The summed E-state index contributed by atoms with van der Waals surface area (Å²) >= 11 is 0. The van der Waals surface area contributed by atoms with Gasteiger partial charge in [0.2, 0.25) is 11.8 Å². The normalized spacial score (nSPS) is 15.9. The fraction of sp³-hybridized carbons (Fsp3) is 0.559. The molecule has 2 aliphatic rings. The average molecular weight is 803 g/mol. The van der Waals surface area contributed by atoms with Gasteiger partial charge in [-0.2, -0.15) is 16.8 Å². The third-order valence-corrected chi connectivity index (χ3v) is 5.52. The minimum absolute atomic E-state index is 0. The highest BCUT2D eigenvalue weighted by atomic mass is 32.2. The molecule has 0 unspecified atom stereocenters. The number of hydrogen-bond donors (Lipinski definition) is 6. The Kier molecular flexibility index (Phi) is 30.0. The number of carbonyl (C=O) groups excluding carboxylic acids is 5. The van der Waals surface area contributed by atoms with E-state index in [9.17, 15) is 40.8 Å². The molecule has 0 bridgehead atoms. The van der Waals surface area contributed by atoms with Crippen LogP contribution in [0.5, 0.6) is 0 Å². The van der Waals surface area contributed by atoms with Crippen LogP contribution < -0.4 is 21.7 Å². The van der Waals surface area contributed by atoms with E-state index in [1.54, 1.807) is 20.8 Å². The summed E-state index contributed by atoms with van der Waals surface area (Å²) in [7, 11) is -4.81. The van der Waals surface area contributed by atoms with Crippen molar-refractivity contribution in [3.63, 3.8) is 0 Å². The molecule has 2 fully saturated rings. The number of alkyl carbamates (subject to hydrolysis) is 1. The van der Waals surface area contributed by atoms with E-state index in [1.165, 1.54) is 14.2 Å². The molecule has 0 aliphatic carbocycles. The van der Waals surface area contributed by atoms with E-state index in [0.717, 1.165) is 6.42 Å². The number of rotatable bonds is 7. The summed E-state index contributed by atoms with van der Waals surface area (Å²) in [5.74, 6) is 16.8. The van der Waals surface area contributed by atoms with Crippen LogP contribution in [0.1, 0.15) is 53.9 Å². The molecule has 54 heavy (non-hydrogen) atoms. The van der Waals surface area contributed by atoms with Crippen LogP contribution in [0.25, 0.3) is 0 Å². The second-order valence-corrected chi connectivity index (χ2v) is 14.3. The monoisotopic (exact) mass is 802 g/mol. The molecule has 2 heterocycles. The summed E-state index contributed by atoms with van der Waals surface area (Å²) in [6, 6.07) is -1.57. The molecule has 2 aliphatic heterocycles. The zero-order valence-corrected chi connectivity index (χ0v) is 32.0. The van der Waals surface area contributed by atoms with Gasteiger partial charge in [-0.3, -0.25) is 23.5 Å². The lowest BCUT2D eigenvalue weighted by Gasteiger charge is -2.23. The molecule has 2 rings (SSSR count). The molecule has 18 nitrogen and oxygen atoms in total. The van der Waals surface area contributed by atoms with Gasteiger partial charge < -0.3 is 35.9 Å². The topological polar surface area (TPSA) is 284 Å². The second-order valence-electron chi connectivity index (χ2n) is 11.4. The lowest BCUT2D eigenvalue weighted by atomic mass is 9.98. The van der Waals surface area contributed by atoms with Gasteiger partial charge in [-0.25, -0.2) is 9.59 Å². The zero-order chi connectivity index (χ0) is 41.8. The summed E-state index contributed by atoms with van der Waals surface area (Å²) in [4.78, 5) is 56.9. The van der Waals surface area contributed by atoms with Crippen molar-refractivity contribution in [3.8, 4) is 60.2 Å². The molecule has 0 aromatic heterocycles. The Morgan fingerprint density at radius 2 is 1.17 bits per heavy atom. The quantitative estimate of drug-likeness (QED) is 0.0819. The third-order valence-electron chi connectivity index (χ3n) is 5.52. The van der Waals surface area contributed by atoms with Gasteiger partial charge in [0.25, 0.3) is 20.2 Å². The van der Waals surface area contributed by atoms with Crippen LogP contribution in [0.4, 0.5) is 4.79 Å². The standard InChI is InChI=1S/C13H22N2O5.C10H2.C8H14N2O3.2CH4O3S.CH4/c1-13(2,3)20-12(18)15-9(11(17)19-4)7-8-5-6-14-10(8)16;1-3-5-7-9-10-8-6-4-2;1-13-8(12)6(9)4-5-2-3-10-7(5)11;2*1-5(2,3)4;/h8-9H,5-7H2,1-4H3,(H,14,16)(H,15,18);1-2H;5-6H,2-4,9H2,1H3,(H,10,11);2*1H3,(H,2,3,4);1H4/t8-,9-;;5-,6-;;;/m0.0.../s1. The minimum Gasteiger partial charge on any atom is -0.468 e. The summed E-state index contributed by atoms with van der Waals surface area (Å²) in [5, 5.41) is 7.83. The van der Waals surface area contributed by atoms with Crippen molar-refractivity contribution in [3.05, 3.63) is 0 Å². The van der Waals surface area contributed by atoms with Crippen molar-refractivity contribution >= 4 is 50.1 Å². The maximum absolute atomic E-state index is 11.7. The van der Waals surface area contributed by atoms with E-state index in [-0.39, 0.29) is 37.5 Å². The second kappa shape index (κ2) is 29.2. The SMILES string of the molecule is C.C#CC#CC#CC#CC#C.COC(=O)[C@@H](N)C[C@@H]1CCNC1=O.COC(=O)[C@H](C[C@@H]1CCNC1=O)NC(=O)OC(C)(C)C.CS(=O)(=O)O.CS(=O)(=O)O. The zero-order valence-electron chi connectivity index (χ0n) is 30.4. The van der Waals surface area contributed by atoms with E-state index in [2.05, 4.69) is 72.8 Å². The average Bonchev–Trinajstić information content (AvgIpc) is 3.62. The molecule has 0 spiro atoms. The molecule has 2 saturated heterocycles. The van der Waals surface area contributed by atoms with Crippen LogP contribution >= 0.6 is 0 Å². The Labute approximate surface area is 318 Å². The number of esters is 2. The van der Waals surface area contributed by atoms with Crippen LogP contribution in [-0.4, -0.2) is 113 Å². The maximum Gasteiger partial charge on any atom is 0.408 e. The van der Waals surface area contributed by atoms with Gasteiger partial charge in [-0.1, -0.05) is 7.43 Å². The molecule has 0 radical (unpaired) electrons. The van der Waals surface area contributed by atoms with Crippen LogP contribution in [-0.2, 0) is 53.6 Å². The van der Waals surface area contributed by atoms with E-state index < -0.39 is 56.0 Å². The van der Waals surface area contributed by atoms with Crippen molar-refractivity contribution in [2.24, 2.45) is 17.6 Å². The van der Waals surface area contributed by atoms with Gasteiger partial charge in [0, 0.05) is 24.9 Å². The van der Waals surface area contributed by atoms with Crippen molar-refractivity contribution in [2.75, 3.05) is 39.8 Å². The Balaban J connectivity index is -0.000000318. The Morgan fingerprint density at radius 3 is 1.46 bits per heavy atom. The molecule has 0 saturated carbocycles. The van der Waals surface area contributed by atoms with Crippen LogP contribution in [0.15, 0.2) is 0 Å². The molecular formula is C34H50N4O14S2. The molecule has 0 aromatic rings. The molecule has 3 amide bonds. The van der Waals surface area contributed by atoms with E-state index in [0.29, 0.717) is 38.4 Å². The highest BCUT2D eigenvalue weighted by Gasteiger charge is 2.33. The highest BCUT2D eigenvalue weighted by molar-refractivity contribution is 7.85. The summed E-state index contributed by atoms with van der Waals surface area (Å²) in [6.45, 7) is 6.44. The van der Waals surface area contributed by atoms with E-state index in [4.69, 9.17) is 32.4 Å². The third kappa shape index (κ3) is 38.0. The van der Waals surface area contributed by atoms with Gasteiger partial charge in [0.15, 0.2) is 0 Å². The van der Waals surface area contributed by atoms with Crippen LogP contribution in [0.3, 0.4) is 0 Å². The number of nitrogens with one attached hydrogen (secondary N) is 3. The largest absolute Gasteiger partial charge is 0.468 e. The summed E-state index contributed by atoms with van der Waals surface area (Å²) in [6.07, 6.45) is 12.3. The van der Waals surface area contributed by atoms with E-state index in [1.807, 2.05) is 0 Å². The summed E-state index contributed by atoms with van der Waals surface area (Å²) in [5.41, 5.74) is 4.86. The molecule has 20 heteroatoms. The number of hydrogen-bond acceptors (Lipinski definition) is 13. The van der Waals surface area contributed by atoms with Gasteiger partial charge in [-0.15, -0.1) is 12.8 Å².